The summed E-state index contributed by atoms with van der Waals surface area (Å²) in [5.41, 5.74) is 5.12. The van der Waals surface area contributed by atoms with E-state index in [4.69, 9.17) is 15.2 Å². The van der Waals surface area contributed by atoms with Crippen molar-refractivity contribution in [2.24, 2.45) is 16.6 Å². The van der Waals surface area contributed by atoms with Crippen LogP contribution in [0.3, 0.4) is 0 Å². The average Bonchev–Trinajstić information content (AvgIpc) is 2.83. The minimum atomic E-state index is -3.83. The van der Waals surface area contributed by atoms with Crippen molar-refractivity contribution in [1.29, 1.82) is 0 Å². The molecule has 0 bridgehead atoms. The fourth-order valence-corrected chi connectivity index (χ4v) is 7.06. The number of halogens is 1. The topological polar surface area (TPSA) is 146 Å². The van der Waals surface area contributed by atoms with Crippen LogP contribution >= 0.6 is 0 Å². The number of rotatable bonds is 5. The molecular formula is C23H28FN5O5S. The second-order valence-electron chi connectivity index (χ2n) is 9.12. The molecule has 10 nitrogen and oxygen atoms in total. The van der Waals surface area contributed by atoms with Crippen LogP contribution in [0, 0.1) is 11.7 Å². The van der Waals surface area contributed by atoms with Crippen molar-refractivity contribution in [2.75, 3.05) is 31.4 Å². The predicted octanol–water partition coefficient (Wildman–Crippen LogP) is 2.06. The molecular weight excluding hydrogens is 477 g/mol. The molecule has 1 fully saturated rings. The van der Waals surface area contributed by atoms with Gasteiger partial charge in [-0.3, -0.25) is 9.79 Å². The van der Waals surface area contributed by atoms with Gasteiger partial charge in [0.05, 0.1) is 25.3 Å². The molecule has 2 unspecified atom stereocenters. The molecule has 1 aromatic heterocycles. The Labute approximate surface area is 203 Å². The molecule has 2 aromatic rings. The maximum Gasteiger partial charge on any atom is 0.275 e. The van der Waals surface area contributed by atoms with Gasteiger partial charge in [-0.25, -0.2) is 22.8 Å². The first-order valence-electron chi connectivity index (χ1n) is 11.1. The lowest BCUT2D eigenvalue weighted by Gasteiger charge is -2.44. The van der Waals surface area contributed by atoms with Gasteiger partial charge in [-0.15, -0.1) is 0 Å². The van der Waals surface area contributed by atoms with E-state index >= 15 is 0 Å². The molecule has 2 aliphatic heterocycles. The van der Waals surface area contributed by atoms with Crippen LogP contribution in [-0.4, -0.2) is 61.0 Å². The number of methoxy groups -OCH3 is 1. The molecule has 0 spiro atoms. The molecule has 1 aromatic carbocycles. The standard InChI is InChI=1S/C23H28FN5O5S/c1-22(13-35(31,32)23(2,21(25)29-22)14-6-8-34-9-7-14)16-10-15(4-5-17(16)24)28-20(30)18-11-27-19(33-3)12-26-18/h4-5,10-12,14H,6-9,13H2,1-3H3,(H2,25,29)(H,28,30). The molecule has 3 N–H and O–H groups in total. The quantitative estimate of drug-likeness (QED) is 0.628. The highest BCUT2D eigenvalue weighted by molar-refractivity contribution is 7.93. The molecule has 3 heterocycles. The second kappa shape index (κ2) is 9.15. The summed E-state index contributed by atoms with van der Waals surface area (Å²) in [5, 5.41) is 2.63. The van der Waals surface area contributed by atoms with E-state index in [2.05, 4.69) is 20.3 Å². The van der Waals surface area contributed by atoms with Crippen molar-refractivity contribution in [3.63, 3.8) is 0 Å². The summed E-state index contributed by atoms with van der Waals surface area (Å²) < 4.78 is 51.1. The normalized spacial score (nSPS) is 26.6. The zero-order valence-electron chi connectivity index (χ0n) is 19.7. The van der Waals surface area contributed by atoms with Gasteiger partial charge in [0.1, 0.15) is 27.6 Å². The molecule has 4 rings (SSSR count). The molecule has 12 heteroatoms. The zero-order valence-corrected chi connectivity index (χ0v) is 20.6. The number of benzene rings is 1. The summed E-state index contributed by atoms with van der Waals surface area (Å²) in [6.07, 6.45) is 3.64. The Balaban J connectivity index is 1.66. The van der Waals surface area contributed by atoms with Crippen molar-refractivity contribution in [1.82, 2.24) is 9.97 Å². The Bertz CT molecular complexity index is 1260. The fraction of sp³-hybridized carbons (Fsp3) is 0.478. The maximum atomic E-state index is 15.0. The number of nitrogens with zero attached hydrogens (tertiary/aromatic N) is 3. The van der Waals surface area contributed by atoms with Gasteiger partial charge in [0, 0.05) is 24.5 Å². The number of aliphatic imine (C=N–C) groups is 1. The van der Waals surface area contributed by atoms with E-state index in [1.165, 1.54) is 38.6 Å². The van der Waals surface area contributed by atoms with Crippen LogP contribution < -0.4 is 15.8 Å². The molecule has 1 saturated heterocycles. The van der Waals surface area contributed by atoms with Gasteiger partial charge in [0.25, 0.3) is 5.91 Å². The summed E-state index contributed by atoms with van der Waals surface area (Å²) in [7, 11) is -2.40. The predicted molar refractivity (Wildman–Crippen MR) is 128 cm³/mol. The Morgan fingerprint density at radius 1 is 1.23 bits per heavy atom. The van der Waals surface area contributed by atoms with Crippen LogP contribution in [0.1, 0.15) is 42.7 Å². The van der Waals surface area contributed by atoms with Crippen LogP contribution in [-0.2, 0) is 20.1 Å². The van der Waals surface area contributed by atoms with E-state index in [1.54, 1.807) is 6.92 Å². The maximum absolute atomic E-state index is 15.0. The van der Waals surface area contributed by atoms with E-state index < -0.39 is 37.6 Å². The third kappa shape index (κ3) is 4.47. The SMILES string of the molecule is COc1cnc(C(=O)Nc2ccc(F)c(C3(C)CS(=O)(=O)C(C)(C4CCOCC4)C(N)=N3)c2)cn1. The summed E-state index contributed by atoms with van der Waals surface area (Å²) in [4.78, 5) is 25.1. The summed E-state index contributed by atoms with van der Waals surface area (Å²) in [5.74, 6) is -1.69. The van der Waals surface area contributed by atoms with Crippen LogP contribution in [0.4, 0.5) is 10.1 Å². The van der Waals surface area contributed by atoms with Crippen molar-refractivity contribution in [2.45, 2.75) is 37.0 Å². The third-order valence-electron chi connectivity index (χ3n) is 6.87. The lowest BCUT2D eigenvalue weighted by molar-refractivity contribution is 0.0609. The number of amides is 1. The number of nitrogens with one attached hydrogen (secondary N) is 1. The lowest BCUT2D eigenvalue weighted by atomic mass is 9.84. The van der Waals surface area contributed by atoms with Gasteiger partial charge < -0.3 is 20.5 Å². The number of hydrogen-bond donors (Lipinski definition) is 2. The van der Waals surface area contributed by atoms with E-state index in [9.17, 15) is 17.6 Å². The van der Waals surface area contributed by atoms with Crippen molar-refractivity contribution >= 4 is 27.3 Å². The number of anilines is 1. The van der Waals surface area contributed by atoms with Crippen molar-refractivity contribution in [3.05, 3.63) is 47.7 Å². The van der Waals surface area contributed by atoms with E-state index in [1.807, 2.05) is 0 Å². The number of carbonyl (C=O) groups is 1. The molecule has 188 valence electrons. The first-order valence-corrected chi connectivity index (χ1v) is 12.8. The molecule has 35 heavy (non-hydrogen) atoms. The highest BCUT2D eigenvalue weighted by Gasteiger charge is 2.56. The van der Waals surface area contributed by atoms with Gasteiger partial charge in [-0.2, -0.15) is 0 Å². The fourth-order valence-electron chi connectivity index (χ4n) is 4.69. The number of amidine groups is 1. The van der Waals surface area contributed by atoms with Crippen LogP contribution in [0.5, 0.6) is 5.88 Å². The molecule has 0 saturated carbocycles. The van der Waals surface area contributed by atoms with Gasteiger partial charge >= 0.3 is 0 Å². The average molecular weight is 506 g/mol. The minimum Gasteiger partial charge on any atom is -0.480 e. The lowest BCUT2D eigenvalue weighted by Crippen LogP contribution is -2.61. The van der Waals surface area contributed by atoms with Crippen LogP contribution in [0.25, 0.3) is 0 Å². The molecule has 0 aliphatic carbocycles. The summed E-state index contributed by atoms with van der Waals surface area (Å²) in [6, 6.07) is 3.89. The molecule has 1 amide bonds. The van der Waals surface area contributed by atoms with E-state index in [0.29, 0.717) is 26.1 Å². The molecule has 2 aliphatic rings. The highest BCUT2D eigenvalue weighted by Crippen LogP contribution is 2.43. The van der Waals surface area contributed by atoms with Gasteiger partial charge in [-0.05, 0) is 50.8 Å². The highest BCUT2D eigenvalue weighted by atomic mass is 32.2. The van der Waals surface area contributed by atoms with Gasteiger partial charge in [-0.1, -0.05) is 0 Å². The van der Waals surface area contributed by atoms with Gasteiger partial charge in [0.2, 0.25) is 5.88 Å². The second-order valence-corrected chi connectivity index (χ2v) is 11.5. The number of sulfone groups is 1. The number of ether oxygens (including phenoxy) is 2. The minimum absolute atomic E-state index is 0.0108. The molecule has 0 radical (unpaired) electrons. The first kappa shape index (κ1) is 25.0. The Hall–Kier alpha value is -3.12. The van der Waals surface area contributed by atoms with E-state index in [-0.39, 0.29) is 34.6 Å². The summed E-state index contributed by atoms with van der Waals surface area (Å²) in [6.45, 7) is 4.03. The Kier molecular flexibility index (Phi) is 6.54. The van der Waals surface area contributed by atoms with Crippen molar-refractivity contribution < 1.29 is 27.1 Å². The first-order chi connectivity index (χ1) is 16.5. The van der Waals surface area contributed by atoms with Crippen molar-refractivity contribution in [3.8, 4) is 5.88 Å². The monoisotopic (exact) mass is 505 g/mol. The number of carbonyl (C=O) groups excluding carboxylic acids is 1. The number of nitrogens with two attached hydrogens (primary N) is 1. The van der Waals surface area contributed by atoms with Crippen LogP contribution in [0.15, 0.2) is 35.6 Å². The third-order valence-corrected chi connectivity index (χ3v) is 9.64. The largest absolute Gasteiger partial charge is 0.480 e. The Morgan fingerprint density at radius 3 is 2.54 bits per heavy atom. The van der Waals surface area contributed by atoms with Crippen LogP contribution in [0.2, 0.25) is 0 Å². The van der Waals surface area contributed by atoms with E-state index in [0.717, 1.165) is 6.07 Å². The smallest absolute Gasteiger partial charge is 0.275 e. The number of aromatic nitrogens is 2. The van der Waals surface area contributed by atoms with Gasteiger partial charge in [0.15, 0.2) is 9.84 Å². The number of hydrogen-bond acceptors (Lipinski definition) is 9. The Morgan fingerprint density at radius 2 is 1.94 bits per heavy atom. The summed E-state index contributed by atoms with van der Waals surface area (Å²) >= 11 is 0. The molecule has 2 atom stereocenters. The zero-order chi connectivity index (χ0) is 25.4.